The van der Waals surface area contributed by atoms with Gasteiger partial charge in [-0.3, -0.25) is 9.48 Å². The van der Waals surface area contributed by atoms with Crippen LogP contribution in [0.15, 0.2) is 6.07 Å². The van der Waals surface area contributed by atoms with E-state index in [4.69, 9.17) is 12.2 Å². The molecule has 56 valence electrons. The number of hydrogen-bond acceptors (Lipinski definition) is 3. The Bertz CT molecular complexity index is 332. The highest BCUT2D eigenvalue weighted by Gasteiger charge is 2.08. The molecular weight excluding hydrogens is 142 g/mol. The van der Waals surface area contributed by atoms with Gasteiger partial charge in [-0.2, -0.15) is 5.10 Å². The second kappa shape index (κ2) is 2.46. The Morgan fingerprint density at radius 3 is 2.91 bits per heavy atom. The largest absolute Gasteiger partial charge is 0.382 e. The fourth-order valence-electron chi connectivity index (χ4n) is 0.776. The average Bonchev–Trinajstić information content (AvgIpc) is 2.28. The summed E-state index contributed by atoms with van der Waals surface area (Å²) in [5.41, 5.74) is 5.66. The number of hydrogen-bond donors (Lipinski definition) is 1. The quantitative estimate of drug-likeness (QED) is 0.342. The van der Waals surface area contributed by atoms with Crippen molar-refractivity contribution >= 4 is 11.6 Å². The van der Waals surface area contributed by atoms with Gasteiger partial charge in [0, 0.05) is 13.1 Å². The summed E-state index contributed by atoms with van der Waals surface area (Å²) in [6.45, 7) is 0. The number of carbonyl (C=O) groups is 1. The number of nitrogens with two attached hydrogens (primary N) is 1. The summed E-state index contributed by atoms with van der Waals surface area (Å²) in [4.78, 5) is 10.9. The Kier molecular flexibility index (Phi) is 1.65. The smallest absolute Gasteiger partial charge is 0.253 e. The molecule has 4 nitrogen and oxygen atoms in total. The molecule has 0 amide bonds. The first-order valence-electron chi connectivity index (χ1n) is 2.95. The van der Waals surface area contributed by atoms with Crippen molar-refractivity contribution in [3.8, 4) is 12.3 Å². The van der Waals surface area contributed by atoms with Crippen molar-refractivity contribution in [2.45, 2.75) is 0 Å². The molecule has 0 spiro atoms. The predicted octanol–water partition coefficient (Wildman–Crippen LogP) is -0.182. The van der Waals surface area contributed by atoms with Crippen molar-refractivity contribution in [2.24, 2.45) is 7.05 Å². The van der Waals surface area contributed by atoms with Gasteiger partial charge in [0.1, 0.15) is 11.5 Å². The fourth-order valence-corrected chi connectivity index (χ4v) is 0.776. The third-order valence-electron chi connectivity index (χ3n) is 1.26. The van der Waals surface area contributed by atoms with E-state index in [1.165, 1.54) is 10.7 Å². The van der Waals surface area contributed by atoms with Crippen molar-refractivity contribution in [3.05, 3.63) is 11.8 Å². The zero-order valence-corrected chi connectivity index (χ0v) is 6.03. The van der Waals surface area contributed by atoms with Crippen LogP contribution in [0.5, 0.6) is 0 Å². The summed E-state index contributed by atoms with van der Waals surface area (Å²) in [5, 5.41) is 3.76. The van der Waals surface area contributed by atoms with Crippen LogP contribution in [-0.4, -0.2) is 15.6 Å². The molecule has 0 fully saturated rings. The van der Waals surface area contributed by atoms with E-state index in [2.05, 4.69) is 5.10 Å². The Hall–Kier alpha value is -1.76. The minimum atomic E-state index is -0.406. The molecule has 0 radical (unpaired) electrons. The molecule has 0 atom stereocenters. The van der Waals surface area contributed by atoms with Crippen molar-refractivity contribution in [1.29, 1.82) is 0 Å². The number of carbonyl (C=O) groups excluding carboxylic acids is 1. The van der Waals surface area contributed by atoms with Gasteiger partial charge in [-0.1, -0.05) is 0 Å². The van der Waals surface area contributed by atoms with E-state index in [-0.39, 0.29) is 0 Å². The summed E-state index contributed by atoms with van der Waals surface area (Å²) in [6, 6.07) is 1.45. The van der Waals surface area contributed by atoms with Gasteiger partial charge >= 0.3 is 0 Å². The maximum Gasteiger partial charge on any atom is 0.253 e. The number of nitrogen functional groups attached to an aromatic ring is 1. The lowest BCUT2D eigenvalue weighted by atomic mass is 10.3. The van der Waals surface area contributed by atoms with Crippen LogP contribution in [-0.2, 0) is 7.05 Å². The molecule has 1 rings (SSSR count). The van der Waals surface area contributed by atoms with Gasteiger partial charge in [0.05, 0.1) is 0 Å². The monoisotopic (exact) mass is 149 g/mol. The van der Waals surface area contributed by atoms with Crippen LogP contribution in [0.3, 0.4) is 0 Å². The van der Waals surface area contributed by atoms with Crippen molar-refractivity contribution < 1.29 is 4.79 Å². The van der Waals surface area contributed by atoms with Gasteiger partial charge in [-0.05, 0) is 5.92 Å². The van der Waals surface area contributed by atoms with Crippen LogP contribution < -0.4 is 5.73 Å². The average molecular weight is 149 g/mol. The normalized spacial score (nSPS) is 9.09. The molecule has 1 aromatic heterocycles. The summed E-state index contributed by atoms with van der Waals surface area (Å²) < 4.78 is 1.36. The van der Waals surface area contributed by atoms with Gasteiger partial charge in [-0.25, -0.2) is 0 Å². The number of Topliss-reactive ketones (excluding diaryl/α,β-unsaturated/α-hetero) is 1. The molecule has 4 heteroatoms. The highest BCUT2D eigenvalue weighted by molar-refractivity contribution is 6.07. The maximum absolute atomic E-state index is 10.9. The van der Waals surface area contributed by atoms with Gasteiger partial charge < -0.3 is 5.73 Å². The number of aromatic nitrogens is 2. The first-order valence-corrected chi connectivity index (χ1v) is 2.95. The van der Waals surface area contributed by atoms with Crippen LogP contribution >= 0.6 is 0 Å². The Labute approximate surface area is 64.0 Å². The van der Waals surface area contributed by atoms with Crippen molar-refractivity contribution in [2.75, 3.05) is 5.73 Å². The predicted molar refractivity (Wildman–Crippen MR) is 40.8 cm³/mol. The third kappa shape index (κ3) is 1.22. The number of terminal acetylenes is 1. The molecule has 11 heavy (non-hydrogen) atoms. The highest BCUT2D eigenvalue weighted by Crippen LogP contribution is 2.03. The summed E-state index contributed by atoms with van der Waals surface area (Å²) in [5.74, 6) is 1.87. The first-order chi connectivity index (χ1) is 5.15. The number of anilines is 1. The molecule has 0 saturated heterocycles. The van der Waals surface area contributed by atoms with Gasteiger partial charge in [0.2, 0.25) is 0 Å². The van der Waals surface area contributed by atoms with E-state index in [0.29, 0.717) is 11.5 Å². The zero-order valence-electron chi connectivity index (χ0n) is 6.03. The third-order valence-corrected chi connectivity index (χ3v) is 1.26. The summed E-state index contributed by atoms with van der Waals surface area (Å²) in [6.07, 6.45) is 4.90. The Morgan fingerprint density at radius 2 is 2.55 bits per heavy atom. The van der Waals surface area contributed by atoms with E-state index >= 15 is 0 Å². The lowest BCUT2D eigenvalue weighted by Crippen LogP contribution is -2.03. The Balaban J connectivity index is 3.15. The van der Waals surface area contributed by atoms with E-state index in [0.717, 1.165) is 0 Å². The molecule has 0 aromatic carbocycles. The molecule has 2 N–H and O–H groups in total. The molecule has 0 bridgehead atoms. The molecule has 0 unspecified atom stereocenters. The zero-order chi connectivity index (χ0) is 8.43. The van der Waals surface area contributed by atoms with Crippen molar-refractivity contribution in [1.82, 2.24) is 9.78 Å². The highest BCUT2D eigenvalue weighted by atomic mass is 16.1. The van der Waals surface area contributed by atoms with Gasteiger partial charge in [0.25, 0.3) is 5.78 Å². The number of aryl methyl sites for hydroxylation is 1. The SMILES string of the molecule is C#CC(=O)c1cc(N)nn1C. The number of nitrogens with zero attached hydrogens (tertiary/aromatic N) is 2. The topological polar surface area (TPSA) is 60.9 Å². The van der Waals surface area contributed by atoms with Crippen molar-refractivity contribution in [3.63, 3.8) is 0 Å². The second-order valence-electron chi connectivity index (χ2n) is 2.05. The van der Waals surface area contributed by atoms with Crippen LogP contribution in [0, 0.1) is 12.3 Å². The first kappa shape index (κ1) is 7.35. The lowest BCUT2D eigenvalue weighted by molar-refractivity contribution is 0.104. The summed E-state index contributed by atoms with van der Waals surface area (Å²) >= 11 is 0. The van der Waals surface area contributed by atoms with Gasteiger partial charge in [-0.15, -0.1) is 6.42 Å². The second-order valence-corrected chi connectivity index (χ2v) is 2.05. The molecule has 1 heterocycles. The summed E-state index contributed by atoms with van der Waals surface area (Å²) in [7, 11) is 1.61. The van der Waals surface area contributed by atoms with Crippen LogP contribution in [0.4, 0.5) is 5.82 Å². The number of ketones is 1. The molecule has 0 aliphatic rings. The fraction of sp³-hybridized carbons (Fsp3) is 0.143. The lowest BCUT2D eigenvalue weighted by Gasteiger charge is -1.91. The molecule has 1 aromatic rings. The minimum absolute atomic E-state index is 0.297. The number of rotatable bonds is 1. The molecule has 0 saturated carbocycles. The van der Waals surface area contributed by atoms with Crippen LogP contribution in [0.1, 0.15) is 10.5 Å². The van der Waals surface area contributed by atoms with E-state index in [1.807, 2.05) is 5.92 Å². The molecule has 0 aliphatic carbocycles. The molecule has 0 aliphatic heterocycles. The van der Waals surface area contributed by atoms with Crippen LogP contribution in [0.25, 0.3) is 0 Å². The van der Waals surface area contributed by atoms with E-state index in [1.54, 1.807) is 7.05 Å². The molecular formula is C7H7N3O. The standard InChI is InChI=1S/C7H7N3O/c1-3-6(11)5-4-7(8)9-10(5)2/h1,4H,2H3,(H2,8,9). The van der Waals surface area contributed by atoms with E-state index < -0.39 is 5.78 Å². The van der Waals surface area contributed by atoms with Gasteiger partial charge in [0.15, 0.2) is 0 Å². The van der Waals surface area contributed by atoms with E-state index in [9.17, 15) is 4.79 Å². The maximum atomic E-state index is 10.9. The minimum Gasteiger partial charge on any atom is -0.382 e. The Morgan fingerprint density at radius 1 is 1.91 bits per heavy atom. The van der Waals surface area contributed by atoms with Crippen LogP contribution in [0.2, 0.25) is 0 Å².